The SMILES string of the molecule is CC(C)(C)C1CC(OC(=O)Cl)CCN1C(=O)O. The van der Waals surface area contributed by atoms with E-state index in [1.54, 1.807) is 0 Å². The van der Waals surface area contributed by atoms with Crippen LogP contribution in [0.2, 0.25) is 0 Å². The summed E-state index contributed by atoms with van der Waals surface area (Å²) in [6.45, 7) is 6.28. The van der Waals surface area contributed by atoms with E-state index < -0.39 is 11.5 Å². The predicted molar refractivity (Wildman–Crippen MR) is 63.3 cm³/mol. The van der Waals surface area contributed by atoms with Gasteiger partial charge >= 0.3 is 11.5 Å². The van der Waals surface area contributed by atoms with Gasteiger partial charge in [-0.05, 0) is 5.41 Å². The van der Waals surface area contributed by atoms with Crippen molar-refractivity contribution in [1.29, 1.82) is 0 Å². The summed E-state index contributed by atoms with van der Waals surface area (Å²) in [6.07, 6.45) is -0.230. The molecule has 0 aromatic carbocycles. The van der Waals surface area contributed by atoms with Crippen molar-refractivity contribution in [2.75, 3.05) is 6.54 Å². The molecular weight excluding hydrogens is 246 g/mol. The smallest absolute Gasteiger partial charge is 0.407 e. The lowest BCUT2D eigenvalue weighted by atomic mass is 9.80. The van der Waals surface area contributed by atoms with Crippen molar-refractivity contribution in [3.63, 3.8) is 0 Å². The topological polar surface area (TPSA) is 66.8 Å². The number of amides is 1. The van der Waals surface area contributed by atoms with Crippen molar-refractivity contribution in [3.8, 4) is 0 Å². The normalized spacial score (nSPS) is 25.5. The zero-order valence-electron chi connectivity index (χ0n) is 10.3. The highest BCUT2D eigenvalue weighted by atomic mass is 35.5. The number of carbonyl (C=O) groups is 2. The highest BCUT2D eigenvalue weighted by Gasteiger charge is 2.39. The van der Waals surface area contributed by atoms with Crippen LogP contribution in [0.25, 0.3) is 0 Å². The third-order valence-electron chi connectivity index (χ3n) is 3.06. The number of rotatable bonds is 1. The first-order valence-electron chi connectivity index (χ1n) is 5.57. The van der Waals surface area contributed by atoms with Gasteiger partial charge in [-0.2, -0.15) is 0 Å². The van der Waals surface area contributed by atoms with E-state index in [0.717, 1.165) is 0 Å². The number of likely N-dealkylation sites (tertiary alicyclic amines) is 1. The monoisotopic (exact) mass is 263 g/mol. The van der Waals surface area contributed by atoms with E-state index in [1.807, 2.05) is 20.8 Å². The van der Waals surface area contributed by atoms with Crippen LogP contribution in [0.3, 0.4) is 0 Å². The minimum atomic E-state index is -0.930. The summed E-state index contributed by atoms with van der Waals surface area (Å²) in [6, 6.07) is -0.172. The molecule has 2 unspecified atom stereocenters. The van der Waals surface area contributed by atoms with E-state index in [4.69, 9.17) is 21.4 Å². The minimum Gasteiger partial charge on any atom is -0.465 e. The van der Waals surface area contributed by atoms with Gasteiger partial charge in [-0.25, -0.2) is 9.59 Å². The van der Waals surface area contributed by atoms with Crippen LogP contribution >= 0.6 is 11.6 Å². The Morgan fingerprint density at radius 2 is 2.00 bits per heavy atom. The maximum absolute atomic E-state index is 11.1. The van der Waals surface area contributed by atoms with E-state index >= 15 is 0 Å². The molecule has 0 aromatic heterocycles. The van der Waals surface area contributed by atoms with E-state index in [1.165, 1.54) is 4.90 Å². The lowest BCUT2D eigenvalue weighted by molar-refractivity contribution is 0.000830. The summed E-state index contributed by atoms with van der Waals surface area (Å²) < 4.78 is 4.95. The lowest BCUT2D eigenvalue weighted by Crippen LogP contribution is -2.53. The molecule has 0 spiro atoms. The van der Waals surface area contributed by atoms with Crippen LogP contribution in [0.5, 0.6) is 0 Å². The van der Waals surface area contributed by atoms with Gasteiger partial charge in [0.25, 0.3) is 0 Å². The summed E-state index contributed by atoms with van der Waals surface area (Å²) in [5.41, 5.74) is -1.03. The molecule has 2 atom stereocenters. The first-order valence-corrected chi connectivity index (χ1v) is 5.95. The van der Waals surface area contributed by atoms with Gasteiger partial charge in [0.2, 0.25) is 0 Å². The molecule has 0 radical (unpaired) electrons. The van der Waals surface area contributed by atoms with Gasteiger partial charge < -0.3 is 14.7 Å². The Morgan fingerprint density at radius 3 is 2.41 bits per heavy atom. The Bertz CT molecular complexity index is 313. The molecule has 0 aromatic rings. The second-order valence-corrected chi connectivity index (χ2v) is 5.67. The summed E-state index contributed by atoms with van der Waals surface area (Å²) in [5, 5.41) is 9.13. The third kappa shape index (κ3) is 3.77. The highest BCUT2D eigenvalue weighted by molar-refractivity contribution is 6.61. The number of ether oxygens (including phenoxy) is 1. The van der Waals surface area contributed by atoms with Crippen LogP contribution < -0.4 is 0 Å². The molecule has 1 N–H and O–H groups in total. The molecule has 1 fully saturated rings. The molecule has 0 bridgehead atoms. The molecule has 0 aliphatic carbocycles. The van der Waals surface area contributed by atoms with Crippen LogP contribution in [0.15, 0.2) is 0 Å². The Balaban J connectivity index is 2.77. The Labute approximate surface area is 106 Å². The van der Waals surface area contributed by atoms with Crippen molar-refractivity contribution >= 4 is 23.1 Å². The van der Waals surface area contributed by atoms with Gasteiger partial charge in [0.1, 0.15) is 6.10 Å². The average molecular weight is 264 g/mol. The van der Waals surface area contributed by atoms with E-state index in [9.17, 15) is 9.59 Å². The maximum Gasteiger partial charge on any atom is 0.407 e. The molecule has 5 nitrogen and oxygen atoms in total. The number of hydrogen-bond donors (Lipinski definition) is 1. The van der Waals surface area contributed by atoms with Gasteiger partial charge in [0.05, 0.1) is 0 Å². The summed E-state index contributed by atoms with van der Waals surface area (Å²) in [5.74, 6) is 0. The number of hydrogen-bond acceptors (Lipinski definition) is 3. The number of nitrogens with zero attached hydrogens (tertiary/aromatic N) is 1. The van der Waals surface area contributed by atoms with Crippen molar-refractivity contribution in [1.82, 2.24) is 4.90 Å². The fourth-order valence-corrected chi connectivity index (χ4v) is 2.35. The number of halogens is 1. The Hall–Kier alpha value is -0.970. The third-order valence-corrected chi connectivity index (χ3v) is 3.15. The quantitative estimate of drug-likeness (QED) is 0.739. The summed E-state index contributed by atoms with van der Waals surface area (Å²) in [7, 11) is 0. The van der Waals surface area contributed by atoms with E-state index in [-0.39, 0.29) is 17.6 Å². The number of carboxylic acid groups (broad SMARTS) is 1. The molecule has 6 heteroatoms. The van der Waals surface area contributed by atoms with Gasteiger partial charge in [-0.3, -0.25) is 0 Å². The van der Waals surface area contributed by atoms with Gasteiger partial charge in [0, 0.05) is 37.0 Å². The first kappa shape index (κ1) is 14.1. The first-order chi connectivity index (χ1) is 7.71. The molecule has 1 aliphatic heterocycles. The standard InChI is InChI=1S/C11H18ClNO4/c1-11(2,3)8-6-7(17-9(12)14)4-5-13(8)10(15)16/h7-8H,4-6H2,1-3H3,(H,15,16). The van der Waals surface area contributed by atoms with Crippen LogP contribution in [-0.2, 0) is 4.74 Å². The zero-order chi connectivity index (χ0) is 13.2. The number of piperidine rings is 1. The Morgan fingerprint density at radius 1 is 1.41 bits per heavy atom. The van der Waals surface area contributed by atoms with Crippen molar-refractivity contribution in [2.45, 2.75) is 45.8 Å². The van der Waals surface area contributed by atoms with Crippen LogP contribution in [0.4, 0.5) is 9.59 Å². The highest BCUT2D eigenvalue weighted by Crippen LogP contribution is 2.33. The van der Waals surface area contributed by atoms with Crippen molar-refractivity contribution < 1.29 is 19.4 Å². The largest absolute Gasteiger partial charge is 0.465 e. The molecular formula is C11H18ClNO4. The van der Waals surface area contributed by atoms with Crippen LogP contribution in [-0.4, -0.2) is 40.2 Å². The van der Waals surface area contributed by atoms with Gasteiger partial charge in [-0.15, -0.1) is 0 Å². The molecule has 1 rings (SSSR count). The Kier molecular flexibility index (Phi) is 4.25. The van der Waals surface area contributed by atoms with Gasteiger partial charge in [0.15, 0.2) is 0 Å². The van der Waals surface area contributed by atoms with E-state index in [2.05, 4.69) is 0 Å². The lowest BCUT2D eigenvalue weighted by Gasteiger charge is -2.43. The molecule has 0 saturated carbocycles. The fraction of sp³-hybridized carbons (Fsp3) is 0.818. The van der Waals surface area contributed by atoms with Crippen molar-refractivity contribution in [2.24, 2.45) is 5.41 Å². The molecule has 1 aliphatic rings. The minimum absolute atomic E-state index is 0.172. The average Bonchev–Trinajstić information content (AvgIpc) is 2.14. The zero-order valence-corrected chi connectivity index (χ0v) is 11.0. The molecule has 1 saturated heterocycles. The second-order valence-electron chi connectivity index (χ2n) is 5.36. The predicted octanol–water partition coefficient (Wildman–Crippen LogP) is 2.92. The molecule has 98 valence electrons. The van der Waals surface area contributed by atoms with Gasteiger partial charge in [-0.1, -0.05) is 20.8 Å². The molecule has 1 amide bonds. The van der Waals surface area contributed by atoms with Crippen LogP contribution in [0.1, 0.15) is 33.6 Å². The summed E-state index contributed by atoms with van der Waals surface area (Å²) >= 11 is 5.18. The number of carbonyl (C=O) groups excluding carboxylic acids is 1. The molecule has 1 heterocycles. The maximum atomic E-state index is 11.1. The summed E-state index contributed by atoms with van der Waals surface area (Å²) in [4.78, 5) is 23.2. The van der Waals surface area contributed by atoms with Crippen LogP contribution in [0, 0.1) is 5.41 Å². The molecule has 17 heavy (non-hydrogen) atoms. The van der Waals surface area contributed by atoms with Crippen molar-refractivity contribution in [3.05, 3.63) is 0 Å². The second kappa shape index (κ2) is 5.12. The van der Waals surface area contributed by atoms with E-state index in [0.29, 0.717) is 19.4 Å². The fourth-order valence-electron chi connectivity index (χ4n) is 2.22.